The lowest BCUT2D eigenvalue weighted by molar-refractivity contribution is -0.389. The summed E-state index contributed by atoms with van der Waals surface area (Å²) in [6.07, 6.45) is 0. The second-order valence-corrected chi connectivity index (χ2v) is 8.14. The summed E-state index contributed by atoms with van der Waals surface area (Å²) in [6, 6.07) is 9.21. The van der Waals surface area contributed by atoms with E-state index in [2.05, 4.69) is 10.4 Å². The number of halogens is 2. The maximum Gasteiger partial charge on any atom is 0.408 e. The highest BCUT2D eigenvalue weighted by Gasteiger charge is 2.37. The summed E-state index contributed by atoms with van der Waals surface area (Å²) in [5.41, 5.74) is 2.14. The molecule has 0 fully saturated rings. The number of rotatable bonds is 5. The highest BCUT2D eigenvalue weighted by molar-refractivity contribution is 6.37. The van der Waals surface area contributed by atoms with Gasteiger partial charge >= 0.3 is 5.82 Å². The summed E-state index contributed by atoms with van der Waals surface area (Å²) in [4.78, 5) is 49.3. The largest absolute Gasteiger partial charge is 0.408 e. The van der Waals surface area contributed by atoms with Crippen molar-refractivity contribution in [3.8, 4) is 0 Å². The summed E-state index contributed by atoms with van der Waals surface area (Å²) in [7, 11) is 0. The number of carbonyl (C=O) groups is 3. The number of hydrogen-bond acceptors (Lipinski definition) is 6. The van der Waals surface area contributed by atoms with Crippen molar-refractivity contribution in [1.29, 1.82) is 0 Å². The molecule has 10 nitrogen and oxygen atoms in total. The number of amides is 3. The van der Waals surface area contributed by atoms with Gasteiger partial charge < -0.3 is 15.4 Å². The summed E-state index contributed by atoms with van der Waals surface area (Å²) in [5.74, 6) is -1.96. The fourth-order valence-corrected chi connectivity index (χ4v) is 3.91. The van der Waals surface area contributed by atoms with Gasteiger partial charge in [-0.1, -0.05) is 23.2 Å². The number of benzene rings is 2. The Morgan fingerprint density at radius 2 is 1.79 bits per heavy atom. The van der Waals surface area contributed by atoms with Crippen molar-refractivity contribution in [2.24, 2.45) is 0 Å². The fourth-order valence-electron chi connectivity index (χ4n) is 3.53. The van der Waals surface area contributed by atoms with Crippen molar-refractivity contribution < 1.29 is 19.3 Å². The Bertz CT molecular complexity index is 1370. The monoisotopic (exact) mass is 487 g/mol. The molecule has 0 radical (unpaired) electrons. The van der Waals surface area contributed by atoms with Gasteiger partial charge in [0.2, 0.25) is 5.91 Å². The highest BCUT2D eigenvalue weighted by Crippen LogP contribution is 2.33. The van der Waals surface area contributed by atoms with Gasteiger partial charge in [-0.25, -0.2) is 4.90 Å². The summed E-state index contributed by atoms with van der Waals surface area (Å²) in [6.45, 7) is 2.92. The van der Waals surface area contributed by atoms with Crippen LogP contribution >= 0.6 is 23.2 Å². The van der Waals surface area contributed by atoms with Crippen LogP contribution in [0.5, 0.6) is 0 Å². The Kier molecular flexibility index (Phi) is 5.64. The van der Waals surface area contributed by atoms with Crippen LogP contribution in [0.25, 0.3) is 0 Å². The summed E-state index contributed by atoms with van der Waals surface area (Å²) in [5, 5.41) is 17.6. The molecular formula is C21H15Cl2N5O5. The second kappa shape index (κ2) is 8.30. The molecule has 1 aromatic heterocycles. The first kappa shape index (κ1) is 22.4. The van der Waals surface area contributed by atoms with Crippen molar-refractivity contribution in [3.05, 3.63) is 78.9 Å². The molecule has 3 aromatic rings. The normalized spacial score (nSPS) is 12.8. The Hall–Kier alpha value is -3.76. The molecule has 0 bridgehead atoms. The molecule has 12 heteroatoms. The van der Waals surface area contributed by atoms with E-state index in [-0.39, 0.29) is 28.4 Å². The fraction of sp³-hybridized carbons (Fsp3) is 0.143. The van der Waals surface area contributed by atoms with Gasteiger partial charge in [-0.05, 0) is 60.7 Å². The van der Waals surface area contributed by atoms with Crippen LogP contribution in [0, 0.1) is 24.0 Å². The molecule has 0 unspecified atom stereocenters. The van der Waals surface area contributed by atoms with E-state index in [1.54, 1.807) is 31.2 Å². The Morgan fingerprint density at radius 3 is 2.42 bits per heavy atom. The average molecular weight is 488 g/mol. The number of aryl methyl sites for hydroxylation is 1. The van der Waals surface area contributed by atoms with Crippen LogP contribution in [0.4, 0.5) is 17.2 Å². The van der Waals surface area contributed by atoms with E-state index in [0.717, 1.165) is 9.58 Å². The van der Waals surface area contributed by atoms with E-state index in [1.165, 1.54) is 19.1 Å². The number of hydrogen-bond donors (Lipinski definition) is 1. The predicted molar refractivity (Wildman–Crippen MR) is 121 cm³/mol. The first-order valence-electron chi connectivity index (χ1n) is 9.54. The van der Waals surface area contributed by atoms with Crippen molar-refractivity contribution in [2.75, 3.05) is 10.2 Å². The highest BCUT2D eigenvalue weighted by atomic mass is 35.5. The number of nitro groups is 1. The van der Waals surface area contributed by atoms with Crippen LogP contribution in [0.1, 0.15) is 32.0 Å². The minimum atomic E-state index is -0.723. The van der Waals surface area contributed by atoms with Gasteiger partial charge in [-0.15, -0.1) is 0 Å². The number of carbonyl (C=O) groups excluding carboxylic acids is 3. The van der Waals surface area contributed by atoms with E-state index >= 15 is 0 Å². The Labute approximate surface area is 196 Å². The quantitative estimate of drug-likeness (QED) is 0.327. The predicted octanol–water partition coefficient (Wildman–Crippen LogP) is 4.15. The van der Waals surface area contributed by atoms with Crippen LogP contribution in [0.3, 0.4) is 0 Å². The van der Waals surface area contributed by atoms with E-state index in [1.807, 2.05) is 0 Å². The minimum absolute atomic E-state index is 0.129. The smallest absolute Gasteiger partial charge is 0.358 e. The number of aromatic nitrogens is 2. The van der Waals surface area contributed by atoms with Gasteiger partial charge in [0.05, 0.1) is 27.6 Å². The van der Waals surface area contributed by atoms with Gasteiger partial charge in [-0.2, -0.15) is 4.68 Å². The lowest BCUT2D eigenvalue weighted by Crippen LogP contribution is -2.30. The molecule has 3 amide bonds. The van der Waals surface area contributed by atoms with Crippen molar-refractivity contribution >= 4 is 58.1 Å². The van der Waals surface area contributed by atoms with E-state index in [0.29, 0.717) is 22.0 Å². The first-order valence-corrected chi connectivity index (χ1v) is 10.3. The molecule has 1 N–H and O–H groups in total. The zero-order valence-corrected chi connectivity index (χ0v) is 18.8. The average Bonchev–Trinajstić information content (AvgIpc) is 3.16. The zero-order chi connectivity index (χ0) is 24.0. The molecule has 33 heavy (non-hydrogen) atoms. The van der Waals surface area contributed by atoms with Crippen LogP contribution in [0.2, 0.25) is 10.0 Å². The molecule has 2 heterocycles. The van der Waals surface area contributed by atoms with Crippen molar-refractivity contribution in [2.45, 2.75) is 20.4 Å². The molecule has 0 saturated carbocycles. The van der Waals surface area contributed by atoms with E-state index in [4.69, 9.17) is 23.2 Å². The third-order valence-corrected chi connectivity index (χ3v) is 5.83. The van der Waals surface area contributed by atoms with Gasteiger partial charge in [-0.3, -0.25) is 14.4 Å². The van der Waals surface area contributed by atoms with Gasteiger partial charge in [0.25, 0.3) is 11.8 Å². The van der Waals surface area contributed by atoms with Crippen molar-refractivity contribution in [1.82, 2.24) is 9.78 Å². The number of nitrogens with zero attached hydrogens (tertiary/aromatic N) is 4. The molecule has 1 aliphatic heterocycles. The molecule has 0 aliphatic carbocycles. The maximum absolute atomic E-state index is 12.8. The lowest BCUT2D eigenvalue weighted by atomic mass is 10.1. The maximum atomic E-state index is 12.8. The number of nitrogens with one attached hydrogen (secondary N) is 1. The minimum Gasteiger partial charge on any atom is -0.358 e. The number of imide groups is 1. The van der Waals surface area contributed by atoms with Crippen LogP contribution in [-0.2, 0) is 11.3 Å². The molecule has 168 valence electrons. The summed E-state index contributed by atoms with van der Waals surface area (Å²) >= 11 is 11.8. The van der Waals surface area contributed by atoms with E-state index in [9.17, 15) is 24.5 Å². The van der Waals surface area contributed by atoms with Crippen LogP contribution < -0.4 is 10.2 Å². The SMILES string of the molecule is Cc1cc(NC(=O)Cn2nc([N+](=O)[O-])c(Cl)c2C)ccc1N1C(=O)c2ccc(Cl)cc2C1=O. The molecular weight excluding hydrogens is 473 g/mol. The van der Waals surface area contributed by atoms with Crippen LogP contribution in [-0.4, -0.2) is 32.4 Å². The lowest BCUT2D eigenvalue weighted by Gasteiger charge is -2.17. The molecule has 0 atom stereocenters. The van der Waals surface area contributed by atoms with Gasteiger partial charge in [0, 0.05) is 10.7 Å². The number of fused-ring (bicyclic) bond motifs is 1. The molecule has 0 saturated heterocycles. The first-order chi connectivity index (χ1) is 15.6. The van der Waals surface area contributed by atoms with Crippen LogP contribution in [0.15, 0.2) is 36.4 Å². The van der Waals surface area contributed by atoms with Gasteiger partial charge in [0.15, 0.2) is 5.02 Å². The molecule has 4 rings (SSSR count). The Balaban J connectivity index is 1.53. The zero-order valence-electron chi connectivity index (χ0n) is 17.3. The second-order valence-electron chi connectivity index (χ2n) is 7.32. The molecule has 0 spiro atoms. The topological polar surface area (TPSA) is 127 Å². The molecule has 2 aromatic carbocycles. The van der Waals surface area contributed by atoms with E-state index < -0.39 is 28.5 Å². The third-order valence-electron chi connectivity index (χ3n) is 5.15. The standard InChI is InChI=1S/C21H15Cl2N5O5/c1-10-7-13(24-17(29)9-26-11(2)18(23)19(25-26)28(32)33)4-6-16(10)27-20(30)14-5-3-12(22)8-15(14)21(27)31/h3-8H,9H2,1-2H3,(H,24,29). The Morgan fingerprint density at radius 1 is 1.09 bits per heavy atom. The molecule has 1 aliphatic rings. The van der Waals surface area contributed by atoms with Crippen molar-refractivity contribution in [3.63, 3.8) is 0 Å². The summed E-state index contributed by atoms with van der Waals surface area (Å²) < 4.78 is 1.14. The number of anilines is 2. The van der Waals surface area contributed by atoms with Gasteiger partial charge in [0.1, 0.15) is 6.54 Å². The third kappa shape index (κ3) is 3.94.